The summed E-state index contributed by atoms with van der Waals surface area (Å²) in [5.74, 6) is 0. The van der Waals surface area contributed by atoms with Gasteiger partial charge in [-0.3, -0.25) is 4.90 Å². The van der Waals surface area contributed by atoms with Gasteiger partial charge in [0.1, 0.15) is 0 Å². The van der Waals surface area contributed by atoms with Gasteiger partial charge in [-0.2, -0.15) is 0 Å². The molecule has 0 radical (unpaired) electrons. The molecule has 2 amide bonds. The predicted molar refractivity (Wildman–Crippen MR) is 114 cm³/mol. The molecule has 28 heavy (non-hydrogen) atoms. The fourth-order valence-corrected chi connectivity index (χ4v) is 3.70. The third kappa shape index (κ3) is 6.66. The summed E-state index contributed by atoms with van der Waals surface area (Å²) in [4.78, 5) is 16.9. The van der Waals surface area contributed by atoms with Crippen LogP contribution in [0.15, 0.2) is 54.6 Å². The molecule has 1 aliphatic heterocycles. The molecule has 5 nitrogen and oxygen atoms in total. The fraction of sp³-hybridized carbons (Fsp3) is 0.435. The van der Waals surface area contributed by atoms with Crippen molar-refractivity contribution in [3.63, 3.8) is 0 Å². The fourth-order valence-electron chi connectivity index (χ4n) is 3.70. The van der Waals surface area contributed by atoms with Crippen LogP contribution in [0, 0.1) is 0 Å². The zero-order valence-corrected chi connectivity index (χ0v) is 17.0. The van der Waals surface area contributed by atoms with Crippen molar-refractivity contribution in [2.45, 2.75) is 38.5 Å². The Morgan fingerprint density at radius 1 is 1.00 bits per heavy atom. The highest BCUT2D eigenvalue weighted by Gasteiger charge is 2.20. The molecule has 3 rings (SSSR count). The van der Waals surface area contributed by atoms with Crippen molar-refractivity contribution >= 4 is 6.03 Å². The van der Waals surface area contributed by atoms with Crippen LogP contribution in [0.2, 0.25) is 0 Å². The molecule has 1 heterocycles. The smallest absolute Gasteiger partial charge is 0.315 e. The summed E-state index contributed by atoms with van der Waals surface area (Å²) in [7, 11) is 4.12. The van der Waals surface area contributed by atoms with E-state index in [0.29, 0.717) is 6.54 Å². The number of likely N-dealkylation sites (tertiary alicyclic amines) is 1. The quantitative estimate of drug-likeness (QED) is 0.775. The molecule has 0 aliphatic carbocycles. The van der Waals surface area contributed by atoms with E-state index in [1.165, 1.54) is 11.1 Å². The average molecular weight is 381 g/mol. The van der Waals surface area contributed by atoms with Gasteiger partial charge in [0.15, 0.2) is 0 Å². The summed E-state index contributed by atoms with van der Waals surface area (Å²) in [6, 6.07) is 19.1. The van der Waals surface area contributed by atoms with Gasteiger partial charge in [0, 0.05) is 38.8 Å². The lowest BCUT2D eigenvalue weighted by Gasteiger charge is -2.32. The first-order valence-corrected chi connectivity index (χ1v) is 10.1. The molecular formula is C23H32N4O. The average Bonchev–Trinajstić information content (AvgIpc) is 2.69. The van der Waals surface area contributed by atoms with E-state index in [-0.39, 0.29) is 12.1 Å². The zero-order valence-electron chi connectivity index (χ0n) is 17.0. The van der Waals surface area contributed by atoms with Crippen LogP contribution in [0.4, 0.5) is 4.79 Å². The van der Waals surface area contributed by atoms with E-state index < -0.39 is 0 Å². The standard InChI is InChI=1S/C23H32N4O/c1-26(2)17-21-10-6-9-20(15-21)16-24-23(28)25-22-11-13-27(14-12-22)18-19-7-4-3-5-8-19/h3-10,15,22H,11-14,16-18H2,1-2H3,(H2,24,25,28). The van der Waals surface area contributed by atoms with Crippen LogP contribution in [0.1, 0.15) is 29.5 Å². The van der Waals surface area contributed by atoms with Crippen LogP contribution in [0.3, 0.4) is 0 Å². The minimum atomic E-state index is -0.0699. The van der Waals surface area contributed by atoms with Crippen molar-refractivity contribution in [2.75, 3.05) is 27.2 Å². The Balaban J connectivity index is 1.38. The lowest BCUT2D eigenvalue weighted by atomic mass is 10.0. The molecule has 2 N–H and O–H groups in total. The van der Waals surface area contributed by atoms with Gasteiger partial charge in [-0.25, -0.2) is 4.79 Å². The molecular weight excluding hydrogens is 348 g/mol. The van der Waals surface area contributed by atoms with Gasteiger partial charge in [0.05, 0.1) is 0 Å². The molecule has 0 spiro atoms. The summed E-state index contributed by atoms with van der Waals surface area (Å²) in [6.45, 7) is 4.49. The van der Waals surface area contributed by atoms with Crippen molar-refractivity contribution in [3.8, 4) is 0 Å². The normalized spacial score (nSPS) is 15.5. The molecule has 1 aliphatic rings. The second-order valence-corrected chi connectivity index (χ2v) is 7.92. The summed E-state index contributed by atoms with van der Waals surface area (Å²) in [5.41, 5.74) is 3.74. The summed E-state index contributed by atoms with van der Waals surface area (Å²) >= 11 is 0. The largest absolute Gasteiger partial charge is 0.335 e. The molecule has 150 valence electrons. The minimum absolute atomic E-state index is 0.0699. The Labute approximate surface area is 168 Å². The lowest BCUT2D eigenvalue weighted by Crippen LogP contribution is -2.47. The van der Waals surface area contributed by atoms with Gasteiger partial charge < -0.3 is 15.5 Å². The number of piperidine rings is 1. The Morgan fingerprint density at radius 3 is 2.39 bits per heavy atom. The van der Waals surface area contributed by atoms with Crippen molar-refractivity contribution in [3.05, 3.63) is 71.3 Å². The topological polar surface area (TPSA) is 47.6 Å². The number of rotatable bonds is 7. The molecule has 1 fully saturated rings. The van der Waals surface area contributed by atoms with Crippen molar-refractivity contribution in [1.29, 1.82) is 0 Å². The summed E-state index contributed by atoms with van der Waals surface area (Å²) in [5, 5.41) is 6.14. The van der Waals surface area contributed by atoms with E-state index in [4.69, 9.17) is 0 Å². The number of nitrogens with zero attached hydrogens (tertiary/aromatic N) is 2. The van der Waals surface area contributed by atoms with E-state index in [1.54, 1.807) is 0 Å². The molecule has 5 heteroatoms. The van der Waals surface area contributed by atoms with E-state index in [1.807, 2.05) is 0 Å². The summed E-state index contributed by atoms with van der Waals surface area (Å²) in [6.07, 6.45) is 2.00. The highest BCUT2D eigenvalue weighted by Crippen LogP contribution is 2.14. The first-order chi connectivity index (χ1) is 13.6. The van der Waals surface area contributed by atoms with Gasteiger partial charge in [-0.15, -0.1) is 0 Å². The van der Waals surface area contributed by atoms with E-state index in [2.05, 4.69) is 89.1 Å². The van der Waals surface area contributed by atoms with Crippen molar-refractivity contribution < 1.29 is 4.79 Å². The lowest BCUT2D eigenvalue weighted by molar-refractivity contribution is 0.186. The van der Waals surface area contributed by atoms with Gasteiger partial charge in [0.2, 0.25) is 0 Å². The van der Waals surface area contributed by atoms with Crippen LogP contribution in [-0.2, 0) is 19.6 Å². The maximum Gasteiger partial charge on any atom is 0.315 e. The molecule has 0 unspecified atom stereocenters. The van der Waals surface area contributed by atoms with Gasteiger partial charge in [-0.1, -0.05) is 54.6 Å². The molecule has 0 aromatic heterocycles. The van der Waals surface area contributed by atoms with Gasteiger partial charge in [-0.05, 0) is 43.6 Å². The first kappa shape index (κ1) is 20.4. The number of nitrogens with one attached hydrogen (secondary N) is 2. The van der Waals surface area contributed by atoms with Crippen LogP contribution < -0.4 is 10.6 Å². The molecule has 2 aromatic carbocycles. The van der Waals surface area contributed by atoms with E-state index in [9.17, 15) is 4.79 Å². The van der Waals surface area contributed by atoms with Crippen molar-refractivity contribution in [1.82, 2.24) is 20.4 Å². The maximum atomic E-state index is 12.3. The molecule has 2 aromatic rings. The Hall–Kier alpha value is -2.37. The number of hydrogen-bond donors (Lipinski definition) is 2. The number of hydrogen-bond acceptors (Lipinski definition) is 3. The molecule has 0 bridgehead atoms. The van der Waals surface area contributed by atoms with Gasteiger partial charge in [0.25, 0.3) is 0 Å². The van der Waals surface area contributed by atoms with Crippen LogP contribution >= 0.6 is 0 Å². The predicted octanol–water partition coefficient (Wildman–Crippen LogP) is 3.21. The highest BCUT2D eigenvalue weighted by molar-refractivity contribution is 5.74. The number of benzene rings is 2. The molecule has 0 atom stereocenters. The van der Waals surface area contributed by atoms with Crippen molar-refractivity contribution in [2.24, 2.45) is 0 Å². The van der Waals surface area contributed by atoms with Crippen LogP contribution in [0.25, 0.3) is 0 Å². The Bertz CT molecular complexity index is 739. The molecule has 0 saturated carbocycles. The van der Waals surface area contributed by atoms with Crippen LogP contribution in [0.5, 0.6) is 0 Å². The van der Waals surface area contributed by atoms with Gasteiger partial charge >= 0.3 is 6.03 Å². The number of carbonyl (C=O) groups is 1. The third-order valence-corrected chi connectivity index (χ3v) is 5.12. The zero-order chi connectivity index (χ0) is 19.8. The molecule has 1 saturated heterocycles. The first-order valence-electron chi connectivity index (χ1n) is 10.1. The Morgan fingerprint density at radius 2 is 1.68 bits per heavy atom. The van der Waals surface area contributed by atoms with E-state index >= 15 is 0 Å². The summed E-state index contributed by atoms with van der Waals surface area (Å²) < 4.78 is 0. The third-order valence-electron chi connectivity index (χ3n) is 5.12. The maximum absolute atomic E-state index is 12.3. The van der Waals surface area contributed by atoms with E-state index in [0.717, 1.165) is 44.6 Å². The second kappa shape index (κ2) is 10.2. The number of carbonyl (C=O) groups excluding carboxylic acids is 1. The monoisotopic (exact) mass is 380 g/mol. The second-order valence-electron chi connectivity index (χ2n) is 7.92. The SMILES string of the molecule is CN(C)Cc1cccc(CNC(=O)NC2CCN(Cc3ccccc3)CC2)c1. The Kier molecular flexibility index (Phi) is 7.46. The number of amides is 2. The van der Waals surface area contributed by atoms with Crippen LogP contribution in [-0.4, -0.2) is 49.1 Å². The minimum Gasteiger partial charge on any atom is -0.335 e. The number of urea groups is 1. The highest BCUT2D eigenvalue weighted by atomic mass is 16.2.